The van der Waals surface area contributed by atoms with Gasteiger partial charge < -0.3 is 9.13 Å². The Bertz CT molecular complexity index is 5130. The van der Waals surface area contributed by atoms with Gasteiger partial charge in [0.05, 0.1) is 34.6 Å². The summed E-state index contributed by atoms with van der Waals surface area (Å²) in [5.41, 5.74) is 17.5. The van der Waals surface area contributed by atoms with Crippen LogP contribution in [0.15, 0.2) is 121 Å². The normalized spacial score (nSPS) is 12.2. The van der Waals surface area contributed by atoms with Crippen molar-refractivity contribution >= 4 is 134 Å². The van der Waals surface area contributed by atoms with Crippen LogP contribution in [0.3, 0.4) is 0 Å². The molecule has 0 aliphatic carbocycles. The molecule has 0 fully saturated rings. The second kappa shape index (κ2) is 30.6. The molecular weight excluding hydrogens is 1320 g/mol. The van der Waals surface area contributed by atoms with E-state index in [0.717, 1.165) is 79.5 Å². The lowest BCUT2D eigenvalue weighted by Gasteiger charge is -2.13. The number of benzene rings is 6. The van der Waals surface area contributed by atoms with Gasteiger partial charge in [-0.25, -0.2) is 8.78 Å². The Hall–Kier alpha value is -6.78. The van der Waals surface area contributed by atoms with Gasteiger partial charge in [-0.05, 0) is 161 Å². The summed E-state index contributed by atoms with van der Waals surface area (Å²) in [6.45, 7) is 18.0. The lowest BCUT2D eigenvalue weighted by molar-refractivity contribution is 0.516. The number of fused-ring (bicyclic) bond motifs is 8. The fourth-order valence-corrected chi connectivity index (χ4v) is 20.7. The average Bonchev–Trinajstić information content (AvgIpc) is 1.54. The molecule has 14 heteroatoms. The van der Waals surface area contributed by atoms with E-state index in [9.17, 15) is 0 Å². The number of aryl methyl sites for hydroxylation is 4. The summed E-state index contributed by atoms with van der Waals surface area (Å²) in [4.78, 5) is 8.44. The number of hydrogen-bond acceptors (Lipinski definition) is 10. The van der Waals surface area contributed by atoms with E-state index in [0.29, 0.717) is 20.8 Å². The molecule has 0 aliphatic rings. The van der Waals surface area contributed by atoms with E-state index < -0.39 is 11.6 Å². The molecule has 0 bridgehead atoms. The van der Waals surface area contributed by atoms with Crippen molar-refractivity contribution in [3.05, 3.63) is 155 Å². The van der Waals surface area contributed by atoms with Crippen molar-refractivity contribution in [2.24, 2.45) is 0 Å². The van der Waals surface area contributed by atoms with Gasteiger partial charge in [-0.1, -0.05) is 190 Å². The van der Waals surface area contributed by atoms with Crippen LogP contribution in [-0.2, 0) is 12.8 Å². The van der Waals surface area contributed by atoms with Crippen molar-refractivity contribution in [3.63, 3.8) is 0 Å². The first-order chi connectivity index (χ1) is 47.9. The zero-order valence-corrected chi connectivity index (χ0v) is 63.0. The van der Waals surface area contributed by atoms with E-state index in [2.05, 4.69) is 170 Å². The summed E-state index contributed by atoms with van der Waals surface area (Å²) < 4.78 is 58.4. The van der Waals surface area contributed by atoms with Gasteiger partial charge >= 0.3 is 0 Å². The maximum atomic E-state index is 17.1. The summed E-state index contributed by atoms with van der Waals surface area (Å²) in [5.74, 6) is -1.81. The molecule has 0 N–H and O–H groups in total. The lowest BCUT2D eigenvalue weighted by Crippen LogP contribution is -2.00. The van der Waals surface area contributed by atoms with Crippen molar-refractivity contribution < 1.29 is 8.78 Å². The number of rotatable bonds is 31. The topological polar surface area (TPSA) is 61.4 Å². The number of hydrogen-bond donors (Lipinski definition) is 0. The molecule has 0 unspecified atom stereocenters. The smallest absolute Gasteiger partial charge is 0.170 e. The highest BCUT2D eigenvalue weighted by Crippen LogP contribution is 2.49. The van der Waals surface area contributed by atoms with Gasteiger partial charge in [-0.15, -0.1) is 45.3 Å². The summed E-state index contributed by atoms with van der Waals surface area (Å²) in [7, 11) is 0. The largest absolute Gasteiger partial charge is 0.338 e. The third kappa shape index (κ3) is 13.8. The van der Waals surface area contributed by atoms with Crippen LogP contribution in [0.4, 0.5) is 8.78 Å². The molecule has 14 aromatic rings. The van der Waals surface area contributed by atoms with Crippen LogP contribution in [-0.4, -0.2) is 26.6 Å². The minimum absolute atomic E-state index is 0.154. The number of unbranched alkanes of at least 4 members (excludes halogenated alkanes) is 18. The Balaban J connectivity index is 0.740. The SMILES string of the molecule is CCCCCCCCCCCCc1cc(-c2ccc(-c3cc(CCCCCCCCCCCC)c(-c4ccc5c6ccc(-c7ccc(-c8c(F)c(F)c(-c9ccc(-c%10ccc%11c%12ccc(C)cc%12n(C(C)C)c%11c%10)s9)c9nsnc89)s7)cc6n(C(C)C)c5c4)s3)c3nsnc23)sc1C. The zero-order valence-electron chi connectivity index (χ0n) is 58.1. The Morgan fingerprint density at radius 1 is 0.357 bits per heavy atom. The number of nitrogens with zero attached hydrogens (tertiary/aromatic N) is 6. The Labute approximate surface area is 601 Å². The summed E-state index contributed by atoms with van der Waals surface area (Å²) in [6, 6.07) is 44.8. The second-order valence-electron chi connectivity index (χ2n) is 28.0. The highest BCUT2D eigenvalue weighted by Gasteiger charge is 2.29. The molecule has 506 valence electrons. The molecule has 0 atom stereocenters. The Kier molecular flexibility index (Phi) is 21.3. The van der Waals surface area contributed by atoms with Gasteiger partial charge in [-0.2, -0.15) is 17.5 Å². The van der Waals surface area contributed by atoms with E-state index in [1.807, 2.05) is 46.9 Å². The van der Waals surface area contributed by atoms with Crippen molar-refractivity contribution in [2.75, 3.05) is 0 Å². The molecule has 8 aromatic heterocycles. The van der Waals surface area contributed by atoms with Crippen LogP contribution in [0.2, 0.25) is 0 Å². The summed E-state index contributed by atoms with van der Waals surface area (Å²) in [6.07, 6.45) is 28.7. The molecule has 0 amide bonds. The molecule has 0 spiro atoms. The third-order valence-electron chi connectivity index (χ3n) is 20.3. The van der Waals surface area contributed by atoms with Crippen LogP contribution < -0.4 is 0 Å². The Morgan fingerprint density at radius 2 is 0.735 bits per heavy atom. The molecule has 0 radical (unpaired) electrons. The average molecular weight is 1410 g/mol. The predicted octanol–water partition coefficient (Wildman–Crippen LogP) is 28.8. The predicted molar refractivity (Wildman–Crippen MR) is 425 cm³/mol. The van der Waals surface area contributed by atoms with Gasteiger partial charge in [-0.3, -0.25) is 0 Å². The lowest BCUT2D eigenvalue weighted by atomic mass is 9.99. The van der Waals surface area contributed by atoms with Gasteiger partial charge in [0.25, 0.3) is 0 Å². The number of thiophene rings is 4. The van der Waals surface area contributed by atoms with E-state index in [4.69, 9.17) is 8.75 Å². The molecule has 8 heterocycles. The van der Waals surface area contributed by atoms with E-state index in [-0.39, 0.29) is 23.2 Å². The molecule has 14 rings (SSSR count). The van der Waals surface area contributed by atoms with Crippen molar-refractivity contribution in [1.82, 2.24) is 26.6 Å². The van der Waals surface area contributed by atoms with Gasteiger partial charge in [0, 0.05) is 106 Å². The number of halogens is 2. The monoisotopic (exact) mass is 1410 g/mol. The molecule has 6 aromatic carbocycles. The van der Waals surface area contributed by atoms with Crippen molar-refractivity contribution in [3.8, 4) is 73.1 Å². The highest BCUT2D eigenvalue weighted by atomic mass is 32.1. The van der Waals surface area contributed by atoms with Gasteiger partial charge in [0.1, 0.15) is 22.1 Å². The molecule has 0 saturated carbocycles. The first-order valence-corrected chi connectivity index (χ1v) is 41.0. The maximum Gasteiger partial charge on any atom is 0.170 e. The summed E-state index contributed by atoms with van der Waals surface area (Å²) >= 11 is 9.04. The molecule has 0 aliphatic heterocycles. The van der Waals surface area contributed by atoms with E-state index in [1.165, 1.54) is 236 Å². The zero-order chi connectivity index (χ0) is 67.6. The van der Waals surface area contributed by atoms with Gasteiger partial charge in [0.2, 0.25) is 0 Å². The number of aromatic nitrogens is 6. The van der Waals surface area contributed by atoms with Crippen LogP contribution in [0.1, 0.15) is 204 Å². The minimum Gasteiger partial charge on any atom is -0.338 e. The maximum absolute atomic E-state index is 17.1. The fourth-order valence-electron chi connectivity index (χ4n) is 15.2. The first kappa shape index (κ1) is 68.4. The summed E-state index contributed by atoms with van der Waals surface area (Å²) in [5, 5.41) is 4.83. The van der Waals surface area contributed by atoms with Crippen LogP contribution in [0.5, 0.6) is 0 Å². The van der Waals surface area contributed by atoms with Crippen LogP contribution in [0.25, 0.3) is 139 Å². The van der Waals surface area contributed by atoms with Crippen LogP contribution >= 0.6 is 68.8 Å². The quantitative estimate of drug-likeness (QED) is 0.0406. The fraction of sp³-hybridized carbons (Fsp3) is 0.381. The van der Waals surface area contributed by atoms with E-state index >= 15 is 8.78 Å². The minimum atomic E-state index is -0.906. The van der Waals surface area contributed by atoms with Gasteiger partial charge in [0.15, 0.2) is 11.6 Å². The second-order valence-corrected chi connectivity index (χ2v) is 33.5. The third-order valence-corrected chi connectivity index (χ3v) is 26.0. The van der Waals surface area contributed by atoms with Crippen LogP contribution in [0, 0.1) is 25.5 Å². The molecule has 0 saturated heterocycles. The molecular formula is C84H90F2N6S6. The standard InChI is InChI=1S/C84H90F2N6S6/c1-9-11-13-15-17-19-21-23-25-27-29-55-49-74(93-54(55)8)64-39-40-65(81-80(64)87-97-88-81)75-50-58(30-28-26-24-22-20-18-16-14-12-10-2)84(96-75)59-34-38-63-62-37-33-57(47-68(62)92(52(5)6)69(63)48-59)71-42-44-73(95-71)77-79(86)78(85)76(82-83(77)90-98-89-82)72-43-41-70(94-72)56-32-36-61-60-35-31-53(7)45-66(60)91(51(3)4)67(61)46-56/h31-52H,9-30H2,1-8H3. The van der Waals surface area contributed by atoms with Crippen molar-refractivity contribution in [2.45, 2.75) is 209 Å². The van der Waals surface area contributed by atoms with Crippen molar-refractivity contribution in [1.29, 1.82) is 0 Å². The molecule has 98 heavy (non-hydrogen) atoms. The first-order valence-electron chi connectivity index (χ1n) is 36.3. The van der Waals surface area contributed by atoms with E-state index in [1.54, 1.807) is 0 Å². The highest BCUT2D eigenvalue weighted by molar-refractivity contribution is 7.20. The molecule has 6 nitrogen and oxygen atoms in total. The Morgan fingerprint density at radius 3 is 1.20 bits per heavy atom.